The van der Waals surface area contributed by atoms with Gasteiger partial charge in [-0.05, 0) is 63.7 Å². The first-order valence-electron chi connectivity index (χ1n) is 9.69. The van der Waals surface area contributed by atoms with Crippen molar-refractivity contribution in [3.63, 3.8) is 0 Å². The second-order valence-corrected chi connectivity index (χ2v) is 8.62. The minimum atomic E-state index is -0.680. The van der Waals surface area contributed by atoms with Crippen LogP contribution in [0.15, 0.2) is 22.0 Å². The van der Waals surface area contributed by atoms with Gasteiger partial charge in [0.1, 0.15) is 17.2 Å². The molecule has 0 atom stereocenters. The molecule has 6 heteroatoms. The minimum absolute atomic E-state index is 0.299. The lowest BCUT2D eigenvalue weighted by Gasteiger charge is -2.31. The molecule has 1 saturated carbocycles. The first kappa shape index (κ1) is 17.6. The van der Waals surface area contributed by atoms with Crippen LogP contribution in [-0.4, -0.2) is 27.1 Å². The van der Waals surface area contributed by atoms with Gasteiger partial charge in [0.2, 0.25) is 0 Å². The van der Waals surface area contributed by atoms with Crippen LogP contribution in [-0.2, 0) is 4.79 Å². The zero-order valence-electron chi connectivity index (χ0n) is 15.0. The maximum absolute atomic E-state index is 10.7. The van der Waals surface area contributed by atoms with E-state index in [1.165, 1.54) is 35.3 Å². The fraction of sp³-hybridized carbons (Fsp3) is 0.600. The number of carboxylic acid groups (broad SMARTS) is 1. The van der Waals surface area contributed by atoms with E-state index in [9.17, 15) is 4.79 Å². The molecule has 1 aromatic rings. The standard InChI is InChI=1S/C20H25N3O2S/c24-17(25)6-1-3-13-7-9-15(10-8-13)23-19-18-14-4-2-5-16(11-14)26-20(18)22-12-21-19/h12-13,15H,1-10H2,(H,24,25)(H,21,22,23). The summed E-state index contributed by atoms with van der Waals surface area (Å²) in [5.74, 6) is 0.968. The quantitative estimate of drug-likeness (QED) is 0.549. The highest BCUT2D eigenvalue weighted by Gasteiger charge is 2.27. The number of carbonyl (C=O) groups is 1. The van der Waals surface area contributed by atoms with Crippen LogP contribution >= 0.6 is 11.8 Å². The molecule has 1 aromatic heterocycles. The van der Waals surface area contributed by atoms with Gasteiger partial charge < -0.3 is 10.4 Å². The topological polar surface area (TPSA) is 75.1 Å². The maximum atomic E-state index is 10.7. The van der Waals surface area contributed by atoms with Gasteiger partial charge in [0.05, 0.1) is 5.56 Å². The van der Waals surface area contributed by atoms with Crippen LogP contribution in [0.4, 0.5) is 5.82 Å². The first-order valence-corrected chi connectivity index (χ1v) is 10.5. The largest absolute Gasteiger partial charge is 0.481 e. The number of anilines is 1. The molecule has 2 aliphatic carbocycles. The summed E-state index contributed by atoms with van der Waals surface area (Å²) < 4.78 is 0. The molecule has 1 fully saturated rings. The number of hydrogen-bond acceptors (Lipinski definition) is 5. The fourth-order valence-corrected chi connectivity index (χ4v) is 5.33. The Hall–Kier alpha value is -1.78. The number of thioether (sulfide) groups is 1. The molecule has 26 heavy (non-hydrogen) atoms. The lowest BCUT2D eigenvalue weighted by molar-refractivity contribution is -0.137. The third-order valence-corrected chi connectivity index (χ3v) is 6.70. The van der Waals surface area contributed by atoms with E-state index in [1.807, 2.05) is 0 Å². The molecule has 138 valence electrons. The Morgan fingerprint density at radius 3 is 2.92 bits per heavy atom. The van der Waals surface area contributed by atoms with E-state index in [0.29, 0.717) is 18.4 Å². The number of hydrogen-bond donors (Lipinski definition) is 2. The van der Waals surface area contributed by atoms with Gasteiger partial charge in [0, 0.05) is 22.9 Å². The zero-order valence-corrected chi connectivity index (χ0v) is 15.8. The predicted octanol–water partition coefficient (Wildman–Crippen LogP) is 4.86. The van der Waals surface area contributed by atoms with Gasteiger partial charge in [0.25, 0.3) is 0 Å². The minimum Gasteiger partial charge on any atom is -0.481 e. The Morgan fingerprint density at radius 1 is 1.27 bits per heavy atom. The molecular formula is C20H25N3O2S. The summed E-state index contributed by atoms with van der Waals surface area (Å²) in [7, 11) is 0. The Morgan fingerprint density at radius 2 is 2.12 bits per heavy atom. The summed E-state index contributed by atoms with van der Waals surface area (Å²) in [6.07, 6.45) is 11.8. The van der Waals surface area contributed by atoms with Gasteiger partial charge in [-0.3, -0.25) is 4.79 Å². The molecule has 0 saturated heterocycles. The van der Waals surface area contributed by atoms with E-state index in [-0.39, 0.29) is 0 Å². The number of fused-ring (bicyclic) bond motifs is 2. The van der Waals surface area contributed by atoms with Gasteiger partial charge in [-0.15, -0.1) is 5.73 Å². The number of rotatable bonds is 6. The Balaban J connectivity index is 1.38. The van der Waals surface area contributed by atoms with Crippen LogP contribution in [0, 0.1) is 5.92 Å². The van der Waals surface area contributed by atoms with Crippen molar-refractivity contribution in [1.82, 2.24) is 9.97 Å². The highest BCUT2D eigenvalue weighted by Crippen LogP contribution is 2.45. The SMILES string of the molecule is O=C(O)CCCC1CCC(Nc2ncnc3c2C2=C=C(CCC2)S3)CC1. The molecule has 3 aliphatic rings. The summed E-state index contributed by atoms with van der Waals surface area (Å²) in [4.78, 5) is 21.0. The average Bonchev–Trinajstić information content (AvgIpc) is 2.63. The fourth-order valence-electron chi connectivity index (χ4n) is 4.26. The van der Waals surface area contributed by atoms with Gasteiger partial charge >= 0.3 is 5.97 Å². The number of aromatic nitrogens is 2. The van der Waals surface area contributed by atoms with Crippen LogP contribution < -0.4 is 5.32 Å². The van der Waals surface area contributed by atoms with E-state index in [1.54, 1.807) is 18.1 Å². The third kappa shape index (κ3) is 3.97. The summed E-state index contributed by atoms with van der Waals surface area (Å²) >= 11 is 1.75. The molecule has 2 heterocycles. The lowest BCUT2D eigenvalue weighted by Crippen LogP contribution is -2.27. The van der Waals surface area contributed by atoms with E-state index >= 15 is 0 Å². The van der Waals surface area contributed by atoms with Gasteiger partial charge in [-0.2, -0.15) is 0 Å². The lowest BCUT2D eigenvalue weighted by atomic mass is 9.83. The molecule has 0 amide bonds. The van der Waals surface area contributed by atoms with Crippen molar-refractivity contribution in [1.29, 1.82) is 0 Å². The summed E-state index contributed by atoms with van der Waals surface area (Å²) in [5.41, 5.74) is 5.99. The van der Waals surface area contributed by atoms with E-state index in [0.717, 1.165) is 49.4 Å². The van der Waals surface area contributed by atoms with Crippen LogP contribution in [0.5, 0.6) is 0 Å². The summed E-state index contributed by atoms with van der Waals surface area (Å²) in [6, 6.07) is 0.448. The van der Waals surface area contributed by atoms with Gasteiger partial charge in [-0.25, -0.2) is 9.97 Å². The van der Waals surface area contributed by atoms with Gasteiger partial charge in [-0.1, -0.05) is 11.8 Å². The van der Waals surface area contributed by atoms with Gasteiger partial charge in [0.15, 0.2) is 0 Å². The van der Waals surface area contributed by atoms with Crippen molar-refractivity contribution < 1.29 is 9.90 Å². The number of nitrogens with zero attached hydrogens (tertiary/aromatic N) is 2. The monoisotopic (exact) mass is 371 g/mol. The average molecular weight is 372 g/mol. The highest BCUT2D eigenvalue weighted by atomic mass is 32.2. The second kappa shape index (κ2) is 7.85. The number of nitrogens with one attached hydrogen (secondary N) is 1. The second-order valence-electron chi connectivity index (χ2n) is 7.53. The molecular weight excluding hydrogens is 346 g/mol. The van der Waals surface area contributed by atoms with Crippen LogP contribution in [0.3, 0.4) is 0 Å². The highest BCUT2D eigenvalue weighted by molar-refractivity contribution is 8.03. The van der Waals surface area contributed by atoms with Crippen molar-refractivity contribution in [3.05, 3.63) is 22.5 Å². The van der Waals surface area contributed by atoms with Crippen molar-refractivity contribution in [2.24, 2.45) is 5.92 Å². The van der Waals surface area contributed by atoms with E-state index < -0.39 is 5.97 Å². The smallest absolute Gasteiger partial charge is 0.303 e. The molecule has 0 spiro atoms. The maximum Gasteiger partial charge on any atom is 0.303 e. The Bertz CT molecular complexity index is 762. The van der Waals surface area contributed by atoms with Crippen molar-refractivity contribution in [2.45, 2.75) is 75.3 Å². The zero-order chi connectivity index (χ0) is 17.9. The number of carboxylic acids is 1. The Labute approximate surface area is 158 Å². The first-order chi connectivity index (χ1) is 12.7. The number of allylic oxidation sites excluding steroid dienone is 1. The third-order valence-electron chi connectivity index (χ3n) is 5.65. The predicted molar refractivity (Wildman–Crippen MR) is 103 cm³/mol. The molecule has 4 rings (SSSR count). The summed E-state index contributed by atoms with van der Waals surface area (Å²) in [6.45, 7) is 0. The van der Waals surface area contributed by atoms with Crippen LogP contribution in [0.25, 0.3) is 5.57 Å². The molecule has 1 aliphatic heterocycles. The van der Waals surface area contributed by atoms with Crippen LogP contribution in [0.2, 0.25) is 0 Å². The van der Waals surface area contributed by atoms with Crippen molar-refractivity contribution in [3.8, 4) is 0 Å². The molecule has 5 nitrogen and oxygen atoms in total. The normalized spacial score (nSPS) is 24.3. The molecule has 2 N–H and O–H groups in total. The van der Waals surface area contributed by atoms with Crippen LogP contribution in [0.1, 0.15) is 69.8 Å². The molecule has 0 radical (unpaired) electrons. The number of aliphatic carboxylic acids is 1. The molecule has 0 unspecified atom stereocenters. The van der Waals surface area contributed by atoms with Crippen molar-refractivity contribution >= 4 is 29.1 Å². The van der Waals surface area contributed by atoms with E-state index in [4.69, 9.17) is 5.11 Å². The van der Waals surface area contributed by atoms with E-state index in [2.05, 4.69) is 21.0 Å². The molecule has 0 aromatic carbocycles. The summed E-state index contributed by atoms with van der Waals surface area (Å²) in [5, 5.41) is 13.5. The Kier molecular flexibility index (Phi) is 5.32. The van der Waals surface area contributed by atoms with Crippen molar-refractivity contribution in [2.75, 3.05) is 5.32 Å². The molecule has 2 bridgehead atoms.